The van der Waals surface area contributed by atoms with Gasteiger partial charge >= 0.3 is 0 Å². The molecule has 0 aliphatic carbocycles. The fourth-order valence-corrected chi connectivity index (χ4v) is 1.68. The Bertz CT molecular complexity index is 379. The fourth-order valence-electron chi connectivity index (χ4n) is 1.68. The third-order valence-electron chi connectivity index (χ3n) is 2.32. The van der Waals surface area contributed by atoms with E-state index in [2.05, 4.69) is 55.1 Å². The minimum Gasteiger partial charge on any atom is -0.350 e. The van der Waals surface area contributed by atoms with Crippen LogP contribution in [-0.4, -0.2) is 4.57 Å². The SMILES string of the molecule is CC.Cc1ccn(C)c1-c1ccccc1. The molecule has 2 rings (SSSR count). The van der Waals surface area contributed by atoms with Gasteiger partial charge in [-0.05, 0) is 24.1 Å². The van der Waals surface area contributed by atoms with Gasteiger partial charge in [-0.3, -0.25) is 0 Å². The molecule has 1 nitrogen and oxygen atoms in total. The highest BCUT2D eigenvalue weighted by molar-refractivity contribution is 5.63. The van der Waals surface area contributed by atoms with Gasteiger partial charge in [0.15, 0.2) is 0 Å². The lowest BCUT2D eigenvalue weighted by Gasteiger charge is -2.04. The van der Waals surface area contributed by atoms with Crippen LogP contribution in [0, 0.1) is 6.92 Å². The number of aromatic nitrogens is 1. The van der Waals surface area contributed by atoms with Gasteiger partial charge in [0.1, 0.15) is 0 Å². The Morgan fingerprint density at radius 2 is 1.53 bits per heavy atom. The molecule has 0 atom stereocenters. The zero-order valence-electron chi connectivity index (χ0n) is 9.99. The van der Waals surface area contributed by atoms with E-state index in [9.17, 15) is 0 Å². The second-order valence-corrected chi connectivity index (χ2v) is 3.32. The predicted octanol–water partition coefficient (Wildman–Crippen LogP) is 4.03. The van der Waals surface area contributed by atoms with E-state index in [1.54, 1.807) is 0 Å². The molecule has 0 saturated heterocycles. The zero-order chi connectivity index (χ0) is 11.3. The summed E-state index contributed by atoms with van der Waals surface area (Å²) in [5.74, 6) is 0. The van der Waals surface area contributed by atoms with Gasteiger partial charge in [-0.1, -0.05) is 44.2 Å². The summed E-state index contributed by atoms with van der Waals surface area (Å²) in [4.78, 5) is 0. The largest absolute Gasteiger partial charge is 0.350 e. The van der Waals surface area contributed by atoms with Gasteiger partial charge < -0.3 is 4.57 Å². The minimum absolute atomic E-state index is 1.28. The molecule has 1 aromatic heterocycles. The first-order chi connectivity index (χ1) is 7.29. The molecule has 0 spiro atoms. The number of hydrogen-bond donors (Lipinski definition) is 0. The predicted molar refractivity (Wildman–Crippen MR) is 66.9 cm³/mol. The van der Waals surface area contributed by atoms with Crippen molar-refractivity contribution in [3.8, 4) is 11.3 Å². The Hall–Kier alpha value is -1.50. The molecule has 1 heterocycles. The summed E-state index contributed by atoms with van der Waals surface area (Å²) in [5.41, 5.74) is 3.92. The van der Waals surface area contributed by atoms with Crippen LogP contribution in [-0.2, 0) is 7.05 Å². The fraction of sp³-hybridized carbons (Fsp3) is 0.286. The smallest absolute Gasteiger partial charge is 0.0507 e. The van der Waals surface area contributed by atoms with Crippen molar-refractivity contribution in [3.63, 3.8) is 0 Å². The van der Waals surface area contributed by atoms with Crippen molar-refractivity contribution in [1.82, 2.24) is 4.57 Å². The zero-order valence-corrected chi connectivity index (χ0v) is 9.99. The first-order valence-electron chi connectivity index (χ1n) is 5.46. The van der Waals surface area contributed by atoms with Gasteiger partial charge in [-0.15, -0.1) is 0 Å². The van der Waals surface area contributed by atoms with Crippen LogP contribution in [0.2, 0.25) is 0 Å². The quantitative estimate of drug-likeness (QED) is 0.656. The molecule has 0 amide bonds. The molecule has 1 aromatic carbocycles. The Morgan fingerprint density at radius 1 is 0.933 bits per heavy atom. The average Bonchev–Trinajstić information content (AvgIpc) is 2.63. The third kappa shape index (κ3) is 2.50. The molecule has 2 aromatic rings. The number of rotatable bonds is 1. The van der Waals surface area contributed by atoms with E-state index in [0.717, 1.165) is 0 Å². The van der Waals surface area contributed by atoms with Crippen molar-refractivity contribution in [2.75, 3.05) is 0 Å². The maximum Gasteiger partial charge on any atom is 0.0507 e. The summed E-state index contributed by atoms with van der Waals surface area (Å²) in [6, 6.07) is 12.6. The van der Waals surface area contributed by atoms with Crippen LogP contribution in [0.4, 0.5) is 0 Å². The third-order valence-corrected chi connectivity index (χ3v) is 2.32. The second kappa shape index (κ2) is 5.40. The highest BCUT2D eigenvalue weighted by Gasteiger charge is 2.03. The molecule has 0 aliphatic heterocycles. The first-order valence-corrected chi connectivity index (χ1v) is 5.46. The number of aryl methyl sites for hydroxylation is 2. The van der Waals surface area contributed by atoms with E-state index in [-0.39, 0.29) is 0 Å². The first kappa shape index (κ1) is 11.6. The maximum atomic E-state index is 2.16. The van der Waals surface area contributed by atoms with Crippen molar-refractivity contribution in [2.24, 2.45) is 7.05 Å². The van der Waals surface area contributed by atoms with E-state index < -0.39 is 0 Å². The van der Waals surface area contributed by atoms with Crippen molar-refractivity contribution in [1.29, 1.82) is 0 Å². The van der Waals surface area contributed by atoms with Gasteiger partial charge in [0, 0.05) is 13.2 Å². The number of hydrogen-bond acceptors (Lipinski definition) is 0. The van der Waals surface area contributed by atoms with Crippen LogP contribution in [0.15, 0.2) is 42.6 Å². The van der Waals surface area contributed by atoms with E-state index in [0.29, 0.717) is 0 Å². The van der Waals surface area contributed by atoms with E-state index >= 15 is 0 Å². The molecular formula is C14H19N. The highest BCUT2D eigenvalue weighted by Crippen LogP contribution is 2.22. The van der Waals surface area contributed by atoms with Crippen LogP contribution in [0.5, 0.6) is 0 Å². The summed E-state index contributed by atoms with van der Waals surface area (Å²) in [6.45, 7) is 6.14. The maximum absolute atomic E-state index is 2.16. The van der Waals surface area contributed by atoms with E-state index in [1.807, 2.05) is 19.9 Å². The summed E-state index contributed by atoms with van der Waals surface area (Å²) in [5, 5.41) is 0. The Balaban J connectivity index is 0.000000531. The Labute approximate surface area is 92.4 Å². The van der Waals surface area contributed by atoms with Crippen molar-refractivity contribution in [2.45, 2.75) is 20.8 Å². The van der Waals surface area contributed by atoms with Crippen LogP contribution < -0.4 is 0 Å². The molecule has 80 valence electrons. The normalized spacial score (nSPS) is 9.33. The average molecular weight is 201 g/mol. The topological polar surface area (TPSA) is 4.93 Å². The highest BCUT2D eigenvalue weighted by atomic mass is 14.9. The van der Waals surface area contributed by atoms with Gasteiger partial charge in [-0.25, -0.2) is 0 Å². The molecule has 0 radical (unpaired) electrons. The summed E-state index contributed by atoms with van der Waals surface area (Å²) >= 11 is 0. The summed E-state index contributed by atoms with van der Waals surface area (Å²) in [7, 11) is 2.08. The molecule has 0 aliphatic rings. The number of nitrogens with zero attached hydrogens (tertiary/aromatic N) is 1. The summed E-state index contributed by atoms with van der Waals surface area (Å²) < 4.78 is 2.16. The molecule has 0 bridgehead atoms. The molecule has 0 fully saturated rings. The van der Waals surface area contributed by atoms with Gasteiger partial charge in [0.25, 0.3) is 0 Å². The molecule has 0 unspecified atom stereocenters. The number of benzene rings is 1. The molecular weight excluding hydrogens is 182 g/mol. The van der Waals surface area contributed by atoms with E-state index in [1.165, 1.54) is 16.8 Å². The Morgan fingerprint density at radius 3 is 2.00 bits per heavy atom. The molecule has 15 heavy (non-hydrogen) atoms. The van der Waals surface area contributed by atoms with Gasteiger partial charge in [-0.2, -0.15) is 0 Å². The second-order valence-electron chi connectivity index (χ2n) is 3.32. The standard InChI is InChI=1S/C12H13N.C2H6/c1-10-8-9-13(2)12(10)11-6-4-3-5-7-11;1-2/h3-9H,1-2H3;1-2H3. The lowest BCUT2D eigenvalue weighted by atomic mass is 10.1. The van der Waals surface area contributed by atoms with Crippen LogP contribution in [0.1, 0.15) is 19.4 Å². The minimum atomic E-state index is 1.28. The molecule has 0 saturated carbocycles. The summed E-state index contributed by atoms with van der Waals surface area (Å²) in [6.07, 6.45) is 2.09. The van der Waals surface area contributed by atoms with Crippen molar-refractivity contribution in [3.05, 3.63) is 48.2 Å². The van der Waals surface area contributed by atoms with Gasteiger partial charge in [0.2, 0.25) is 0 Å². The van der Waals surface area contributed by atoms with Crippen LogP contribution in [0.25, 0.3) is 11.3 Å². The van der Waals surface area contributed by atoms with Crippen molar-refractivity contribution < 1.29 is 0 Å². The van der Waals surface area contributed by atoms with E-state index in [4.69, 9.17) is 0 Å². The molecule has 0 N–H and O–H groups in total. The molecule has 1 heteroatoms. The van der Waals surface area contributed by atoms with Gasteiger partial charge in [0.05, 0.1) is 5.69 Å². The monoisotopic (exact) mass is 201 g/mol. The van der Waals surface area contributed by atoms with Crippen LogP contribution >= 0.6 is 0 Å². The lowest BCUT2D eigenvalue weighted by molar-refractivity contribution is 0.934. The van der Waals surface area contributed by atoms with Crippen molar-refractivity contribution >= 4 is 0 Å². The Kier molecular flexibility index (Phi) is 4.17. The lowest BCUT2D eigenvalue weighted by Crippen LogP contribution is -1.90. The van der Waals surface area contributed by atoms with Crippen LogP contribution in [0.3, 0.4) is 0 Å².